The molecule has 1 fully saturated rings. The molecule has 1 atom stereocenters. The van der Waals surface area contributed by atoms with Crippen LogP contribution < -0.4 is 15.0 Å². The van der Waals surface area contributed by atoms with Crippen molar-refractivity contribution in [2.45, 2.75) is 12.8 Å². The van der Waals surface area contributed by atoms with Crippen LogP contribution in [0.2, 0.25) is 0 Å². The molecule has 5 nitrogen and oxygen atoms in total. The van der Waals surface area contributed by atoms with E-state index in [1.807, 2.05) is 42.5 Å². The molecule has 4 rings (SSSR count). The second-order valence-electron chi connectivity index (χ2n) is 6.47. The van der Waals surface area contributed by atoms with Crippen molar-refractivity contribution in [3.63, 3.8) is 0 Å². The van der Waals surface area contributed by atoms with Crippen molar-refractivity contribution in [2.75, 3.05) is 30.4 Å². The molecule has 1 unspecified atom stereocenters. The van der Waals surface area contributed by atoms with Gasteiger partial charge in [-0.05, 0) is 37.1 Å². The van der Waals surface area contributed by atoms with E-state index in [0.717, 1.165) is 41.5 Å². The lowest BCUT2D eigenvalue weighted by Crippen LogP contribution is -2.40. The van der Waals surface area contributed by atoms with Crippen LogP contribution in [0.15, 0.2) is 48.5 Å². The van der Waals surface area contributed by atoms with Crippen molar-refractivity contribution < 1.29 is 9.53 Å². The van der Waals surface area contributed by atoms with Crippen molar-refractivity contribution in [3.8, 4) is 5.75 Å². The van der Waals surface area contributed by atoms with Gasteiger partial charge in [0, 0.05) is 24.8 Å². The number of thiazole rings is 1. The van der Waals surface area contributed by atoms with Gasteiger partial charge in [-0.3, -0.25) is 4.79 Å². The van der Waals surface area contributed by atoms with E-state index in [1.165, 1.54) is 4.70 Å². The number of hydrogen-bond acceptors (Lipinski definition) is 5. The number of aromatic nitrogens is 1. The number of carbonyl (C=O) groups is 1. The fraction of sp³-hybridized carbons (Fsp3) is 0.300. The van der Waals surface area contributed by atoms with Crippen molar-refractivity contribution >= 4 is 38.3 Å². The summed E-state index contributed by atoms with van der Waals surface area (Å²) >= 11 is 1.69. The molecule has 2 heterocycles. The van der Waals surface area contributed by atoms with Gasteiger partial charge in [-0.2, -0.15) is 0 Å². The fourth-order valence-corrected chi connectivity index (χ4v) is 4.31. The standard InChI is InChI=1S/C20H21N3O2S/c1-25-16-8-4-7-15(12-16)21-19(24)14-6-5-11-23(13-14)20-22-17-9-2-3-10-18(17)26-20/h2-4,7-10,12,14H,5-6,11,13H2,1H3,(H,21,24). The van der Waals surface area contributed by atoms with Gasteiger partial charge in [0.15, 0.2) is 5.13 Å². The molecular formula is C20H21N3O2S. The van der Waals surface area contributed by atoms with E-state index < -0.39 is 0 Å². The zero-order valence-electron chi connectivity index (χ0n) is 14.6. The summed E-state index contributed by atoms with van der Waals surface area (Å²) in [6.07, 6.45) is 1.89. The monoisotopic (exact) mass is 367 g/mol. The van der Waals surface area contributed by atoms with Gasteiger partial charge < -0.3 is 15.0 Å². The van der Waals surface area contributed by atoms with Gasteiger partial charge in [0.1, 0.15) is 5.75 Å². The predicted molar refractivity (Wildman–Crippen MR) is 106 cm³/mol. The molecule has 0 saturated carbocycles. The Morgan fingerprint density at radius 2 is 2.15 bits per heavy atom. The molecule has 3 aromatic rings. The molecule has 134 valence electrons. The van der Waals surface area contributed by atoms with Gasteiger partial charge in [0.25, 0.3) is 0 Å². The zero-order valence-corrected chi connectivity index (χ0v) is 15.5. The first-order valence-electron chi connectivity index (χ1n) is 8.78. The number of hydrogen-bond donors (Lipinski definition) is 1. The van der Waals surface area contributed by atoms with Gasteiger partial charge in [0.05, 0.1) is 23.2 Å². The molecule has 26 heavy (non-hydrogen) atoms. The van der Waals surface area contributed by atoms with Crippen molar-refractivity contribution in [2.24, 2.45) is 5.92 Å². The molecule has 1 N–H and O–H groups in total. The molecule has 1 aromatic heterocycles. The number of fused-ring (bicyclic) bond motifs is 1. The number of piperidine rings is 1. The molecule has 0 aliphatic carbocycles. The number of methoxy groups -OCH3 is 1. The Hall–Kier alpha value is -2.60. The molecule has 1 saturated heterocycles. The van der Waals surface area contributed by atoms with Crippen molar-refractivity contribution in [1.29, 1.82) is 0 Å². The third-order valence-corrected chi connectivity index (χ3v) is 5.78. The second-order valence-corrected chi connectivity index (χ2v) is 7.48. The Bertz CT molecular complexity index is 891. The number of nitrogens with one attached hydrogen (secondary N) is 1. The molecule has 0 bridgehead atoms. The van der Waals surface area contributed by atoms with Crippen LogP contribution in [0.4, 0.5) is 10.8 Å². The smallest absolute Gasteiger partial charge is 0.229 e. The number of benzene rings is 2. The fourth-order valence-electron chi connectivity index (χ4n) is 3.31. The minimum atomic E-state index is -0.0398. The summed E-state index contributed by atoms with van der Waals surface area (Å²) in [5.41, 5.74) is 1.79. The third-order valence-electron chi connectivity index (χ3n) is 4.68. The van der Waals surface area contributed by atoms with Gasteiger partial charge in [0.2, 0.25) is 5.91 Å². The maximum absolute atomic E-state index is 12.7. The number of nitrogens with zero attached hydrogens (tertiary/aromatic N) is 2. The maximum Gasteiger partial charge on any atom is 0.229 e. The Kier molecular flexibility index (Phi) is 4.75. The first kappa shape index (κ1) is 16.8. The predicted octanol–water partition coefficient (Wildman–Crippen LogP) is 4.16. The van der Waals surface area contributed by atoms with Gasteiger partial charge >= 0.3 is 0 Å². The summed E-state index contributed by atoms with van der Waals surface area (Å²) < 4.78 is 6.40. The quantitative estimate of drug-likeness (QED) is 0.752. The topological polar surface area (TPSA) is 54.5 Å². The van der Waals surface area contributed by atoms with E-state index in [1.54, 1.807) is 18.4 Å². The van der Waals surface area contributed by atoms with Crippen LogP contribution in [-0.4, -0.2) is 31.1 Å². The highest BCUT2D eigenvalue weighted by Crippen LogP contribution is 2.31. The van der Waals surface area contributed by atoms with Crippen LogP contribution >= 0.6 is 11.3 Å². The minimum absolute atomic E-state index is 0.0398. The Morgan fingerprint density at radius 3 is 3.00 bits per heavy atom. The average Bonchev–Trinajstić information content (AvgIpc) is 3.12. The van der Waals surface area contributed by atoms with E-state index >= 15 is 0 Å². The lowest BCUT2D eigenvalue weighted by atomic mass is 9.97. The first-order chi connectivity index (χ1) is 12.7. The summed E-state index contributed by atoms with van der Waals surface area (Å²) in [6.45, 7) is 1.65. The van der Waals surface area contributed by atoms with E-state index in [4.69, 9.17) is 9.72 Å². The van der Waals surface area contributed by atoms with E-state index in [9.17, 15) is 4.79 Å². The van der Waals surface area contributed by atoms with Gasteiger partial charge in [-0.25, -0.2) is 4.98 Å². The number of amides is 1. The van der Waals surface area contributed by atoms with Gasteiger partial charge in [-0.15, -0.1) is 0 Å². The van der Waals surface area contributed by atoms with Crippen LogP contribution in [0.5, 0.6) is 5.75 Å². The maximum atomic E-state index is 12.7. The van der Waals surface area contributed by atoms with Crippen LogP contribution in [0, 0.1) is 5.92 Å². The van der Waals surface area contributed by atoms with E-state index in [-0.39, 0.29) is 11.8 Å². The lowest BCUT2D eigenvalue weighted by Gasteiger charge is -2.31. The van der Waals surface area contributed by atoms with Crippen LogP contribution in [0.3, 0.4) is 0 Å². The highest BCUT2D eigenvalue weighted by Gasteiger charge is 2.27. The summed E-state index contributed by atoms with van der Waals surface area (Å²) in [5.74, 6) is 0.758. The van der Waals surface area contributed by atoms with Crippen LogP contribution in [-0.2, 0) is 4.79 Å². The molecule has 1 amide bonds. The molecular weight excluding hydrogens is 346 g/mol. The summed E-state index contributed by atoms with van der Waals surface area (Å²) in [4.78, 5) is 19.7. The molecule has 1 aliphatic heterocycles. The number of ether oxygens (including phenoxy) is 1. The van der Waals surface area contributed by atoms with Gasteiger partial charge in [-0.1, -0.05) is 29.5 Å². The number of rotatable bonds is 4. The average molecular weight is 367 g/mol. The Labute approximate surface area is 156 Å². The third kappa shape index (κ3) is 3.51. The van der Waals surface area contributed by atoms with Crippen LogP contribution in [0.25, 0.3) is 10.2 Å². The normalized spacial score (nSPS) is 17.3. The Morgan fingerprint density at radius 1 is 1.27 bits per heavy atom. The summed E-state index contributed by atoms with van der Waals surface area (Å²) in [7, 11) is 1.62. The number of anilines is 2. The van der Waals surface area contributed by atoms with E-state index in [0.29, 0.717) is 6.54 Å². The molecule has 0 spiro atoms. The molecule has 6 heteroatoms. The van der Waals surface area contributed by atoms with Crippen LogP contribution in [0.1, 0.15) is 12.8 Å². The summed E-state index contributed by atoms with van der Waals surface area (Å²) in [5, 5.41) is 4.03. The molecule has 2 aromatic carbocycles. The highest BCUT2D eigenvalue weighted by atomic mass is 32.1. The number of para-hydroxylation sites is 1. The van der Waals surface area contributed by atoms with E-state index in [2.05, 4.69) is 16.3 Å². The van der Waals surface area contributed by atoms with Crippen molar-refractivity contribution in [1.82, 2.24) is 4.98 Å². The van der Waals surface area contributed by atoms with Crippen molar-refractivity contribution in [3.05, 3.63) is 48.5 Å². The minimum Gasteiger partial charge on any atom is -0.497 e. The zero-order chi connectivity index (χ0) is 17.9. The summed E-state index contributed by atoms with van der Waals surface area (Å²) in [6, 6.07) is 15.6. The second kappa shape index (κ2) is 7.33. The number of carbonyl (C=O) groups excluding carboxylic acids is 1. The Balaban J connectivity index is 1.46. The lowest BCUT2D eigenvalue weighted by molar-refractivity contribution is -0.120. The molecule has 1 aliphatic rings. The first-order valence-corrected chi connectivity index (χ1v) is 9.60. The highest BCUT2D eigenvalue weighted by molar-refractivity contribution is 7.22. The largest absolute Gasteiger partial charge is 0.497 e. The SMILES string of the molecule is COc1cccc(NC(=O)C2CCCN(c3nc4ccccc4s3)C2)c1. The molecule has 0 radical (unpaired) electrons.